The van der Waals surface area contributed by atoms with Crippen LogP contribution < -0.4 is 5.73 Å². The molecular weight excluding hydrogens is 258 g/mol. The minimum absolute atomic E-state index is 0.286. The molecule has 108 valence electrons. The number of aliphatic carboxylic acids is 1. The van der Waals surface area contributed by atoms with E-state index in [2.05, 4.69) is 0 Å². The highest BCUT2D eigenvalue weighted by Crippen LogP contribution is 2.41. The number of nitrogens with two attached hydrogens (primary N) is 1. The monoisotopic (exact) mass is 277 g/mol. The van der Waals surface area contributed by atoms with Gasteiger partial charge in [0.05, 0.1) is 5.92 Å². The molecule has 1 aromatic carbocycles. The van der Waals surface area contributed by atoms with Crippen molar-refractivity contribution in [2.24, 2.45) is 11.7 Å². The van der Waals surface area contributed by atoms with E-state index in [1.807, 2.05) is 0 Å². The van der Waals surface area contributed by atoms with Gasteiger partial charge in [0.1, 0.15) is 5.60 Å². The number of fused-ring (bicyclic) bond motifs is 1. The Kier molecular flexibility index (Phi) is 3.34. The third kappa shape index (κ3) is 2.29. The zero-order chi connectivity index (χ0) is 15.1. The van der Waals surface area contributed by atoms with Crippen molar-refractivity contribution in [2.75, 3.05) is 0 Å². The first-order valence-corrected chi connectivity index (χ1v) is 6.50. The topological polar surface area (TPSA) is 89.6 Å². The quantitative estimate of drug-likeness (QED) is 0.798. The van der Waals surface area contributed by atoms with Gasteiger partial charge < -0.3 is 15.6 Å². The lowest BCUT2D eigenvalue weighted by atomic mass is 9.84. The Morgan fingerprint density at radius 3 is 2.50 bits per heavy atom. The van der Waals surface area contributed by atoms with Gasteiger partial charge in [-0.05, 0) is 38.3 Å². The number of hydrogen-bond donors (Lipinski definition) is 2. The van der Waals surface area contributed by atoms with Crippen molar-refractivity contribution in [3.63, 3.8) is 0 Å². The molecule has 0 unspecified atom stereocenters. The molecule has 0 bridgehead atoms. The van der Waals surface area contributed by atoms with Crippen LogP contribution in [0.4, 0.5) is 0 Å². The number of carboxylic acids is 1. The first kappa shape index (κ1) is 14.5. The number of hydrogen-bond acceptors (Lipinski definition) is 4. The third-order valence-electron chi connectivity index (χ3n) is 3.48. The molecule has 0 aliphatic heterocycles. The first-order chi connectivity index (χ1) is 9.16. The number of rotatable bonds is 2. The zero-order valence-electron chi connectivity index (χ0n) is 11.8. The molecule has 0 amide bonds. The van der Waals surface area contributed by atoms with Gasteiger partial charge in [-0.3, -0.25) is 4.79 Å². The lowest BCUT2D eigenvalue weighted by molar-refractivity contribution is -0.167. The summed E-state index contributed by atoms with van der Waals surface area (Å²) in [5.41, 5.74) is 4.95. The second-order valence-corrected chi connectivity index (χ2v) is 6.12. The van der Waals surface area contributed by atoms with Gasteiger partial charge in [0.15, 0.2) is 5.54 Å². The van der Waals surface area contributed by atoms with E-state index in [1.165, 1.54) is 0 Å². The van der Waals surface area contributed by atoms with Crippen molar-refractivity contribution in [1.29, 1.82) is 0 Å². The number of ether oxygens (including phenoxy) is 1. The van der Waals surface area contributed by atoms with Crippen LogP contribution in [0.15, 0.2) is 24.3 Å². The average molecular weight is 277 g/mol. The van der Waals surface area contributed by atoms with Crippen molar-refractivity contribution in [3.8, 4) is 0 Å². The lowest BCUT2D eigenvalue weighted by Gasteiger charge is -2.29. The summed E-state index contributed by atoms with van der Waals surface area (Å²) in [6.45, 7) is 5.23. The molecule has 0 saturated heterocycles. The van der Waals surface area contributed by atoms with Gasteiger partial charge in [0.25, 0.3) is 0 Å². The highest BCUT2D eigenvalue weighted by atomic mass is 16.6. The summed E-state index contributed by atoms with van der Waals surface area (Å²) in [7, 11) is 0. The van der Waals surface area contributed by atoms with Gasteiger partial charge in [-0.25, -0.2) is 4.79 Å². The molecule has 1 aromatic rings. The predicted octanol–water partition coefficient (Wildman–Crippen LogP) is 1.44. The molecular formula is C15H19NO4. The second-order valence-electron chi connectivity index (χ2n) is 6.12. The molecule has 0 heterocycles. The molecule has 0 aromatic heterocycles. The molecule has 3 N–H and O–H groups in total. The number of carboxylic acid groups (broad SMARTS) is 1. The van der Waals surface area contributed by atoms with Crippen LogP contribution in [0.3, 0.4) is 0 Å². The van der Waals surface area contributed by atoms with Crippen LogP contribution in [0.1, 0.15) is 31.9 Å². The van der Waals surface area contributed by atoms with Crippen molar-refractivity contribution >= 4 is 11.9 Å². The fourth-order valence-corrected chi connectivity index (χ4v) is 2.58. The molecule has 1 aliphatic rings. The van der Waals surface area contributed by atoms with Crippen LogP contribution in [0, 0.1) is 5.92 Å². The van der Waals surface area contributed by atoms with Gasteiger partial charge in [-0.15, -0.1) is 0 Å². The normalized spacial score (nSPS) is 25.1. The summed E-state index contributed by atoms with van der Waals surface area (Å²) in [6.07, 6.45) is 0.286. The Morgan fingerprint density at radius 2 is 1.95 bits per heavy atom. The van der Waals surface area contributed by atoms with Crippen molar-refractivity contribution in [1.82, 2.24) is 0 Å². The van der Waals surface area contributed by atoms with Gasteiger partial charge in [0.2, 0.25) is 0 Å². The van der Waals surface area contributed by atoms with Crippen molar-refractivity contribution in [3.05, 3.63) is 35.4 Å². The van der Waals surface area contributed by atoms with Crippen LogP contribution in [-0.2, 0) is 26.3 Å². The van der Waals surface area contributed by atoms with Gasteiger partial charge >= 0.3 is 11.9 Å². The number of carbonyl (C=O) groups is 2. The highest BCUT2D eigenvalue weighted by Gasteiger charge is 2.54. The molecule has 0 saturated carbocycles. The summed E-state index contributed by atoms with van der Waals surface area (Å²) in [6, 6.07) is 6.98. The minimum atomic E-state index is -1.72. The molecule has 5 nitrogen and oxygen atoms in total. The maximum absolute atomic E-state index is 12.3. The summed E-state index contributed by atoms with van der Waals surface area (Å²) >= 11 is 0. The number of esters is 1. The molecule has 2 rings (SSSR count). The molecule has 2 atom stereocenters. The van der Waals surface area contributed by atoms with Gasteiger partial charge in [-0.2, -0.15) is 0 Å². The Hall–Kier alpha value is -1.88. The Bertz CT molecular complexity index is 561. The Labute approximate surface area is 117 Å². The number of benzene rings is 1. The van der Waals surface area contributed by atoms with E-state index in [0.717, 1.165) is 5.56 Å². The van der Waals surface area contributed by atoms with Crippen LogP contribution in [0.5, 0.6) is 0 Å². The first-order valence-electron chi connectivity index (χ1n) is 6.50. The predicted molar refractivity (Wildman–Crippen MR) is 73.0 cm³/mol. The van der Waals surface area contributed by atoms with E-state index in [9.17, 15) is 14.7 Å². The molecule has 1 aliphatic carbocycles. The average Bonchev–Trinajstić information content (AvgIpc) is 2.63. The zero-order valence-corrected chi connectivity index (χ0v) is 11.8. The third-order valence-corrected chi connectivity index (χ3v) is 3.48. The molecule has 0 fully saturated rings. The van der Waals surface area contributed by atoms with Crippen LogP contribution in [-0.4, -0.2) is 22.6 Å². The van der Waals surface area contributed by atoms with E-state index in [4.69, 9.17) is 10.5 Å². The molecule has 0 spiro atoms. The minimum Gasteiger partial charge on any atom is -0.480 e. The summed E-state index contributed by atoms with van der Waals surface area (Å²) in [5, 5.41) is 9.50. The maximum Gasteiger partial charge on any atom is 0.329 e. The fourth-order valence-electron chi connectivity index (χ4n) is 2.58. The largest absolute Gasteiger partial charge is 0.480 e. The maximum atomic E-state index is 12.3. The van der Waals surface area contributed by atoms with E-state index < -0.39 is 29.0 Å². The number of carbonyl (C=O) groups excluding carboxylic acids is 1. The van der Waals surface area contributed by atoms with Crippen molar-refractivity contribution < 1.29 is 19.4 Å². The van der Waals surface area contributed by atoms with Gasteiger partial charge in [0, 0.05) is 0 Å². The molecule has 0 radical (unpaired) electrons. The van der Waals surface area contributed by atoms with E-state index in [0.29, 0.717) is 5.56 Å². The fraction of sp³-hybridized carbons (Fsp3) is 0.467. The highest BCUT2D eigenvalue weighted by molar-refractivity contribution is 5.91. The lowest BCUT2D eigenvalue weighted by Crippen LogP contribution is -2.52. The molecule has 20 heavy (non-hydrogen) atoms. The Balaban J connectivity index is 2.42. The van der Waals surface area contributed by atoms with Crippen LogP contribution >= 0.6 is 0 Å². The van der Waals surface area contributed by atoms with E-state index in [-0.39, 0.29) is 6.42 Å². The van der Waals surface area contributed by atoms with Crippen molar-refractivity contribution in [2.45, 2.75) is 38.3 Å². The summed E-state index contributed by atoms with van der Waals surface area (Å²) in [4.78, 5) is 23.9. The smallest absolute Gasteiger partial charge is 0.329 e. The standard InChI is InChI=1S/C15H19NO4/c1-14(2,3)20-12(17)11-8-9-6-4-5-7-10(9)15(11,16)13(18)19/h4-7,11H,8,16H2,1-3H3,(H,18,19)/t11-,15+/m1/s1. The Morgan fingerprint density at radius 1 is 1.35 bits per heavy atom. The van der Waals surface area contributed by atoms with Crippen LogP contribution in [0.2, 0.25) is 0 Å². The summed E-state index contributed by atoms with van der Waals surface area (Å²) in [5.74, 6) is -2.69. The van der Waals surface area contributed by atoms with Gasteiger partial charge in [-0.1, -0.05) is 24.3 Å². The van der Waals surface area contributed by atoms with E-state index >= 15 is 0 Å². The van der Waals surface area contributed by atoms with Crippen LogP contribution in [0.25, 0.3) is 0 Å². The van der Waals surface area contributed by atoms with E-state index in [1.54, 1.807) is 45.0 Å². The molecule has 5 heteroatoms. The summed E-state index contributed by atoms with van der Waals surface area (Å²) < 4.78 is 5.32. The SMILES string of the molecule is CC(C)(C)OC(=O)[C@H]1Cc2ccccc2[C@@]1(N)C(=O)O. The second kappa shape index (κ2) is 4.59.